The van der Waals surface area contributed by atoms with Crippen LogP contribution in [0, 0.1) is 17.8 Å². The molecule has 2 heteroatoms. The van der Waals surface area contributed by atoms with Crippen LogP contribution in [0.2, 0.25) is 0 Å². The quantitative estimate of drug-likeness (QED) is 0.788. The first-order valence-corrected chi connectivity index (χ1v) is 7.19. The van der Waals surface area contributed by atoms with Gasteiger partial charge in [0.25, 0.3) is 0 Å². The fourth-order valence-corrected chi connectivity index (χ4v) is 2.99. The van der Waals surface area contributed by atoms with Crippen molar-refractivity contribution in [3.8, 4) is 0 Å². The van der Waals surface area contributed by atoms with Crippen LogP contribution in [0.1, 0.15) is 39.5 Å². The molecular formula is C14H28N2. The van der Waals surface area contributed by atoms with Gasteiger partial charge in [-0.05, 0) is 76.2 Å². The summed E-state index contributed by atoms with van der Waals surface area (Å²) in [5.74, 6) is 2.84. The summed E-state index contributed by atoms with van der Waals surface area (Å²) in [6.45, 7) is 11.4. The minimum atomic E-state index is 0.885. The lowest BCUT2D eigenvalue weighted by molar-refractivity contribution is 0.227. The van der Waals surface area contributed by atoms with Crippen LogP contribution >= 0.6 is 0 Å². The number of nitrogens with one attached hydrogen (secondary N) is 1. The van der Waals surface area contributed by atoms with Crippen molar-refractivity contribution in [2.45, 2.75) is 39.5 Å². The van der Waals surface area contributed by atoms with E-state index in [-0.39, 0.29) is 0 Å². The Labute approximate surface area is 101 Å². The van der Waals surface area contributed by atoms with Crippen molar-refractivity contribution in [2.75, 3.05) is 32.7 Å². The molecule has 0 bridgehead atoms. The Balaban J connectivity index is 1.66. The van der Waals surface area contributed by atoms with Gasteiger partial charge in [0, 0.05) is 0 Å². The van der Waals surface area contributed by atoms with Crippen LogP contribution in [0.15, 0.2) is 0 Å². The average Bonchev–Trinajstić information content (AvgIpc) is 2.41. The Bertz CT molecular complexity index is 199. The van der Waals surface area contributed by atoms with Crippen molar-refractivity contribution in [3.05, 3.63) is 0 Å². The van der Waals surface area contributed by atoms with Crippen LogP contribution in [-0.4, -0.2) is 37.6 Å². The van der Waals surface area contributed by atoms with Gasteiger partial charge in [-0.1, -0.05) is 13.8 Å². The van der Waals surface area contributed by atoms with Crippen LogP contribution in [0.25, 0.3) is 0 Å². The lowest BCUT2D eigenvalue weighted by Crippen LogP contribution is -2.43. The second kappa shape index (κ2) is 6.02. The maximum atomic E-state index is 3.36. The van der Waals surface area contributed by atoms with Crippen LogP contribution < -0.4 is 5.32 Å². The van der Waals surface area contributed by atoms with Gasteiger partial charge in [-0.2, -0.15) is 0 Å². The zero-order valence-electron chi connectivity index (χ0n) is 11.0. The summed E-state index contributed by atoms with van der Waals surface area (Å²) in [6.07, 6.45) is 5.73. The predicted octanol–water partition coefficient (Wildman–Crippen LogP) is 2.35. The van der Waals surface area contributed by atoms with E-state index >= 15 is 0 Å². The number of likely N-dealkylation sites (tertiary alicyclic amines) is 1. The third kappa shape index (κ3) is 3.46. The summed E-state index contributed by atoms with van der Waals surface area (Å²) >= 11 is 0. The highest BCUT2D eigenvalue weighted by Crippen LogP contribution is 2.24. The summed E-state index contributed by atoms with van der Waals surface area (Å²) in [4.78, 5) is 2.71. The van der Waals surface area contributed by atoms with Gasteiger partial charge in [-0.3, -0.25) is 0 Å². The standard InChI is InChI=1S/C14H28N2/c1-12(2)14-4-3-7-16(9-6-14)8-5-13-10-15-11-13/h12-15H,3-11H2,1-2H3. The molecule has 0 aliphatic carbocycles. The van der Waals surface area contributed by atoms with E-state index in [1.165, 1.54) is 58.4 Å². The lowest BCUT2D eigenvalue weighted by atomic mass is 9.89. The van der Waals surface area contributed by atoms with Gasteiger partial charge < -0.3 is 10.2 Å². The molecule has 94 valence electrons. The van der Waals surface area contributed by atoms with Crippen LogP contribution in [0.5, 0.6) is 0 Å². The van der Waals surface area contributed by atoms with E-state index in [1.54, 1.807) is 0 Å². The van der Waals surface area contributed by atoms with Gasteiger partial charge in [0.05, 0.1) is 0 Å². The fourth-order valence-electron chi connectivity index (χ4n) is 2.99. The Morgan fingerprint density at radius 3 is 2.62 bits per heavy atom. The second-order valence-electron chi connectivity index (χ2n) is 6.09. The van der Waals surface area contributed by atoms with Gasteiger partial charge >= 0.3 is 0 Å². The molecule has 16 heavy (non-hydrogen) atoms. The molecule has 1 N–H and O–H groups in total. The molecule has 0 saturated carbocycles. The molecule has 0 amide bonds. The minimum Gasteiger partial charge on any atom is -0.316 e. The van der Waals surface area contributed by atoms with Gasteiger partial charge in [0.1, 0.15) is 0 Å². The maximum absolute atomic E-state index is 3.36. The fraction of sp³-hybridized carbons (Fsp3) is 1.00. The molecule has 0 aromatic heterocycles. The topological polar surface area (TPSA) is 15.3 Å². The minimum absolute atomic E-state index is 0.885. The van der Waals surface area contributed by atoms with Crippen molar-refractivity contribution in [3.63, 3.8) is 0 Å². The van der Waals surface area contributed by atoms with Gasteiger partial charge in [0.2, 0.25) is 0 Å². The number of hydrogen-bond donors (Lipinski definition) is 1. The van der Waals surface area contributed by atoms with Crippen LogP contribution in [0.4, 0.5) is 0 Å². The molecule has 2 nitrogen and oxygen atoms in total. The van der Waals surface area contributed by atoms with Gasteiger partial charge in [0.15, 0.2) is 0 Å². The lowest BCUT2D eigenvalue weighted by Gasteiger charge is -2.30. The van der Waals surface area contributed by atoms with Crippen molar-refractivity contribution < 1.29 is 0 Å². The molecule has 2 rings (SSSR count). The first-order chi connectivity index (χ1) is 7.75. The van der Waals surface area contributed by atoms with E-state index in [0.29, 0.717) is 0 Å². The first-order valence-electron chi connectivity index (χ1n) is 7.19. The van der Waals surface area contributed by atoms with E-state index in [4.69, 9.17) is 0 Å². The maximum Gasteiger partial charge on any atom is -0.000778 e. The highest BCUT2D eigenvalue weighted by Gasteiger charge is 2.21. The van der Waals surface area contributed by atoms with Crippen molar-refractivity contribution in [1.29, 1.82) is 0 Å². The molecule has 0 spiro atoms. The summed E-state index contributed by atoms with van der Waals surface area (Å²) < 4.78 is 0. The van der Waals surface area contributed by atoms with Crippen LogP contribution in [-0.2, 0) is 0 Å². The number of hydrogen-bond acceptors (Lipinski definition) is 2. The Kier molecular flexibility index (Phi) is 4.66. The monoisotopic (exact) mass is 224 g/mol. The Morgan fingerprint density at radius 1 is 1.19 bits per heavy atom. The molecule has 1 unspecified atom stereocenters. The molecule has 2 aliphatic heterocycles. The van der Waals surface area contributed by atoms with Gasteiger partial charge in [-0.15, -0.1) is 0 Å². The molecular weight excluding hydrogens is 196 g/mol. The van der Waals surface area contributed by atoms with E-state index in [1.807, 2.05) is 0 Å². The van der Waals surface area contributed by atoms with E-state index < -0.39 is 0 Å². The molecule has 2 aliphatic rings. The van der Waals surface area contributed by atoms with Crippen molar-refractivity contribution in [1.82, 2.24) is 10.2 Å². The number of rotatable bonds is 4. The molecule has 0 aromatic rings. The Hall–Kier alpha value is -0.0800. The van der Waals surface area contributed by atoms with E-state index in [2.05, 4.69) is 24.1 Å². The second-order valence-corrected chi connectivity index (χ2v) is 6.09. The SMILES string of the molecule is CC(C)C1CCCN(CCC2CNC2)CC1. The third-order valence-corrected chi connectivity index (χ3v) is 4.53. The number of nitrogens with zero attached hydrogens (tertiary/aromatic N) is 1. The zero-order chi connectivity index (χ0) is 11.4. The third-order valence-electron chi connectivity index (χ3n) is 4.53. The highest BCUT2D eigenvalue weighted by atomic mass is 15.1. The summed E-state index contributed by atoms with van der Waals surface area (Å²) in [6, 6.07) is 0. The summed E-state index contributed by atoms with van der Waals surface area (Å²) in [7, 11) is 0. The molecule has 2 fully saturated rings. The Morgan fingerprint density at radius 2 is 2.00 bits per heavy atom. The van der Waals surface area contributed by atoms with Gasteiger partial charge in [-0.25, -0.2) is 0 Å². The summed E-state index contributed by atoms with van der Waals surface area (Å²) in [5.41, 5.74) is 0. The smallest absolute Gasteiger partial charge is 0.000778 e. The molecule has 2 heterocycles. The average molecular weight is 224 g/mol. The molecule has 0 aromatic carbocycles. The van der Waals surface area contributed by atoms with E-state index in [9.17, 15) is 0 Å². The zero-order valence-corrected chi connectivity index (χ0v) is 11.0. The first kappa shape index (κ1) is 12.4. The predicted molar refractivity (Wildman–Crippen MR) is 69.6 cm³/mol. The molecule has 0 radical (unpaired) electrons. The summed E-state index contributed by atoms with van der Waals surface area (Å²) in [5, 5.41) is 3.36. The largest absolute Gasteiger partial charge is 0.316 e. The molecule has 1 atom stereocenters. The van der Waals surface area contributed by atoms with Crippen LogP contribution in [0.3, 0.4) is 0 Å². The van der Waals surface area contributed by atoms with Crippen molar-refractivity contribution in [2.24, 2.45) is 17.8 Å². The molecule has 2 saturated heterocycles. The normalized spacial score (nSPS) is 29.1. The van der Waals surface area contributed by atoms with Crippen molar-refractivity contribution >= 4 is 0 Å². The highest BCUT2D eigenvalue weighted by molar-refractivity contribution is 4.77. The van der Waals surface area contributed by atoms with E-state index in [0.717, 1.165) is 17.8 Å².